The Labute approximate surface area is 119 Å². The van der Waals surface area contributed by atoms with E-state index >= 15 is 0 Å². The molecule has 7 nitrogen and oxygen atoms in total. The number of pyridine rings is 1. The van der Waals surface area contributed by atoms with Crippen molar-refractivity contribution >= 4 is 34.4 Å². The maximum Gasteiger partial charge on any atom is 0.352 e. The van der Waals surface area contributed by atoms with E-state index in [1.807, 2.05) is 30.3 Å². The molecule has 1 heterocycles. The molecule has 108 valence electrons. The van der Waals surface area contributed by atoms with Crippen molar-refractivity contribution < 1.29 is 19.8 Å². The Kier molecular flexibility index (Phi) is 4.45. The first-order valence-electron chi connectivity index (χ1n) is 6.20. The fourth-order valence-electron chi connectivity index (χ4n) is 1.69. The zero-order chi connectivity index (χ0) is 15.2. The predicted molar refractivity (Wildman–Crippen MR) is 77.3 cm³/mol. The number of carbonyl (C=O) groups is 2. The summed E-state index contributed by atoms with van der Waals surface area (Å²) in [4.78, 5) is 25.7. The van der Waals surface area contributed by atoms with Crippen LogP contribution in [0.25, 0.3) is 10.9 Å². The molecule has 2 aromatic rings. The van der Waals surface area contributed by atoms with Gasteiger partial charge in [0.05, 0.1) is 11.9 Å². The van der Waals surface area contributed by atoms with Crippen molar-refractivity contribution in [3.8, 4) is 0 Å². The molecule has 0 unspecified atom stereocenters. The minimum atomic E-state index is -1.26. The summed E-state index contributed by atoms with van der Waals surface area (Å²) in [6.45, 7) is 0. The average molecular weight is 287 g/mol. The van der Waals surface area contributed by atoms with E-state index in [0.29, 0.717) is 5.82 Å². The van der Waals surface area contributed by atoms with Crippen LogP contribution in [0.15, 0.2) is 41.5 Å². The number of nitrogens with one attached hydrogen (secondary N) is 1. The quantitative estimate of drug-likeness (QED) is 0.553. The molecule has 1 aromatic heterocycles. The number of benzene rings is 1. The number of para-hydroxylation sites is 1. The van der Waals surface area contributed by atoms with E-state index in [1.54, 1.807) is 6.07 Å². The molecular weight excluding hydrogens is 274 g/mol. The Bertz CT molecular complexity index is 712. The van der Waals surface area contributed by atoms with Gasteiger partial charge in [-0.05, 0) is 18.2 Å². The first-order chi connectivity index (χ1) is 10.1. The maximum absolute atomic E-state index is 11.0. The van der Waals surface area contributed by atoms with Gasteiger partial charge in [-0.2, -0.15) is 5.10 Å². The molecule has 0 amide bonds. The number of anilines is 1. The summed E-state index contributed by atoms with van der Waals surface area (Å²) in [6, 6.07) is 11.0. The van der Waals surface area contributed by atoms with Crippen LogP contribution >= 0.6 is 0 Å². The van der Waals surface area contributed by atoms with Crippen molar-refractivity contribution in [3.63, 3.8) is 0 Å². The van der Waals surface area contributed by atoms with E-state index in [0.717, 1.165) is 10.9 Å². The standard InChI is InChI=1S/C14H13N3O4/c18-13(19)8-6-11(14(20)21)16-17-12-7-5-9-3-1-2-4-10(9)15-12/h1-5,7H,6,8H2,(H,15,17)(H,18,19)(H,20,21). The van der Waals surface area contributed by atoms with Gasteiger partial charge in [0.25, 0.3) is 0 Å². The molecular formula is C14H13N3O4. The summed E-state index contributed by atoms with van der Waals surface area (Å²) in [5.41, 5.74) is 3.04. The van der Waals surface area contributed by atoms with Crippen LogP contribution < -0.4 is 5.43 Å². The van der Waals surface area contributed by atoms with Gasteiger partial charge < -0.3 is 10.2 Å². The third-order valence-corrected chi connectivity index (χ3v) is 2.73. The van der Waals surface area contributed by atoms with Crippen molar-refractivity contribution in [2.45, 2.75) is 12.8 Å². The van der Waals surface area contributed by atoms with E-state index < -0.39 is 11.9 Å². The van der Waals surface area contributed by atoms with E-state index in [-0.39, 0.29) is 18.6 Å². The highest BCUT2D eigenvalue weighted by Crippen LogP contribution is 2.14. The Hall–Kier alpha value is -2.96. The third kappa shape index (κ3) is 4.00. The molecule has 0 radical (unpaired) electrons. The molecule has 0 aliphatic rings. The Balaban J connectivity index is 2.15. The summed E-state index contributed by atoms with van der Waals surface area (Å²) in [6.07, 6.45) is -0.455. The van der Waals surface area contributed by atoms with Gasteiger partial charge >= 0.3 is 11.9 Å². The molecule has 1 aromatic carbocycles. The van der Waals surface area contributed by atoms with Crippen molar-refractivity contribution in [1.29, 1.82) is 0 Å². The fraction of sp³-hybridized carbons (Fsp3) is 0.143. The maximum atomic E-state index is 11.0. The normalized spacial score (nSPS) is 11.3. The minimum Gasteiger partial charge on any atom is -0.481 e. The highest BCUT2D eigenvalue weighted by atomic mass is 16.4. The average Bonchev–Trinajstić information content (AvgIpc) is 2.46. The molecule has 0 saturated carbocycles. The number of fused-ring (bicyclic) bond motifs is 1. The first kappa shape index (κ1) is 14.4. The second kappa shape index (κ2) is 6.47. The molecule has 7 heteroatoms. The number of carboxylic acid groups (broad SMARTS) is 2. The number of rotatable bonds is 6. The lowest BCUT2D eigenvalue weighted by Gasteiger charge is -2.04. The predicted octanol–water partition coefficient (Wildman–Crippen LogP) is 1.95. The summed E-state index contributed by atoms with van der Waals surface area (Å²) < 4.78 is 0. The number of hydrogen-bond donors (Lipinski definition) is 3. The second-order valence-electron chi connectivity index (χ2n) is 4.26. The van der Waals surface area contributed by atoms with Gasteiger partial charge in [0.15, 0.2) is 0 Å². The van der Waals surface area contributed by atoms with E-state index in [9.17, 15) is 9.59 Å². The molecule has 0 fully saturated rings. The van der Waals surface area contributed by atoms with Gasteiger partial charge in [-0.1, -0.05) is 18.2 Å². The summed E-state index contributed by atoms with van der Waals surface area (Å²) in [5, 5.41) is 22.2. The monoisotopic (exact) mass is 287 g/mol. The van der Waals surface area contributed by atoms with Crippen LogP contribution in [-0.4, -0.2) is 32.8 Å². The minimum absolute atomic E-state index is 0.161. The lowest BCUT2D eigenvalue weighted by molar-refractivity contribution is -0.136. The number of hydrogen-bond acceptors (Lipinski definition) is 5. The zero-order valence-electron chi connectivity index (χ0n) is 11.0. The Morgan fingerprint density at radius 1 is 1.10 bits per heavy atom. The van der Waals surface area contributed by atoms with Gasteiger partial charge in [0.2, 0.25) is 0 Å². The zero-order valence-corrected chi connectivity index (χ0v) is 11.0. The van der Waals surface area contributed by atoms with E-state index in [2.05, 4.69) is 15.5 Å². The highest BCUT2D eigenvalue weighted by Gasteiger charge is 2.11. The van der Waals surface area contributed by atoms with Gasteiger partial charge in [-0.3, -0.25) is 10.2 Å². The second-order valence-corrected chi connectivity index (χ2v) is 4.26. The Morgan fingerprint density at radius 3 is 2.57 bits per heavy atom. The lowest BCUT2D eigenvalue weighted by atomic mass is 10.2. The fourth-order valence-corrected chi connectivity index (χ4v) is 1.69. The van der Waals surface area contributed by atoms with Crippen LogP contribution in [0.2, 0.25) is 0 Å². The number of carboxylic acids is 2. The van der Waals surface area contributed by atoms with Crippen molar-refractivity contribution in [2.24, 2.45) is 5.10 Å². The summed E-state index contributed by atoms with van der Waals surface area (Å²) in [7, 11) is 0. The van der Waals surface area contributed by atoms with Crippen molar-refractivity contribution in [1.82, 2.24) is 4.98 Å². The van der Waals surface area contributed by atoms with Crippen LogP contribution in [0, 0.1) is 0 Å². The topological polar surface area (TPSA) is 112 Å². The molecule has 3 N–H and O–H groups in total. The number of nitrogens with zero attached hydrogens (tertiary/aromatic N) is 2. The summed E-state index contributed by atoms with van der Waals surface area (Å²) >= 11 is 0. The van der Waals surface area contributed by atoms with Gasteiger partial charge in [0, 0.05) is 11.8 Å². The van der Waals surface area contributed by atoms with Crippen LogP contribution in [0.4, 0.5) is 5.82 Å². The SMILES string of the molecule is O=C(O)CCC(=NNc1ccc2ccccc2n1)C(=O)O. The van der Waals surface area contributed by atoms with E-state index in [4.69, 9.17) is 10.2 Å². The van der Waals surface area contributed by atoms with Crippen molar-refractivity contribution in [2.75, 3.05) is 5.43 Å². The largest absolute Gasteiger partial charge is 0.481 e. The lowest BCUT2D eigenvalue weighted by Crippen LogP contribution is -2.16. The number of hydrazone groups is 1. The van der Waals surface area contributed by atoms with Crippen LogP contribution in [-0.2, 0) is 9.59 Å². The molecule has 0 aliphatic heterocycles. The molecule has 2 rings (SSSR count). The van der Waals surface area contributed by atoms with E-state index in [1.165, 1.54) is 0 Å². The molecule has 0 saturated heterocycles. The molecule has 0 aliphatic carbocycles. The Morgan fingerprint density at radius 2 is 1.86 bits per heavy atom. The third-order valence-electron chi connectivity index (χ3n) is 2.73. The number of aliphatic carboxylic acids is 2. The molecule has 0 bridgehead atoms. The van der Waals surface area contributed by atoms with Gasteiger partial charge in [-0.25, -0.2) is 9.78 Å². The van der Waals surface area contributed by atoms with Gasteiger partial charge in [0.1, 0.15) is 11.5 Å². The smallest absolute Gasteiger partial charge is 0.352 e. The van der Waals surface area contributed by atoms with Crippen molar-refractivity contribution in [3.05, 3.63) is 36.4 Å². The number of aromatic nitrogens is 1. The molecule has 0 spiro atoms. The molecule has 21 heavy (non-hydrogen) atoms. The van der Waals surface area contributed by atoms with Crippen LogP contribution in [0.5, 0.6) is 0 Å². The highest BCUT2D eigenvalue weighted by molar-refractivity contribution is 6.35. The summed E-state index contributed by atoms with van der Waals surface area (Å²) in [5.74, 6) is -1.94. The first-order valence-corrected chi connectivity index (χ1v) is 6.20. The van der Waals surface area contributed by atoms with Crippen LogP contribution in [0.3, 0.4) is 0 Å². The van der Waals surface area contributed by atoms with Crippen LogP contribution in [0.1, 0.15) is 12.8 Å². The van der Waals surface area contributed by atoms with Gasteiger partial charge in [-0.15, -0.1) is 0 Å². The molecule has 0 atom stereocenters.